The van der Waals surface area contributed by atoms with E-state index in [2.05, 4.69) is 15.3 Å². The van der Waals surface area contributed by atoms with Crippen molar-refractivity contribution in [2.45, 2.75) is 23.4 Å². The number of benzene rings is 2. The molecule has 0 unspecified atom stereocenters. The Morgan fingerprint density at radius 3 is 2.53 bits per heavy atom. The number of hydrogen-bond acceptors (Lipinski definition) is 8. The van der Waals surface area contributed by atoms with Crippen molar-refractivity contribution in [3.8, 4) is 11.6 Å². The van der Waals surface area contributed by atoms with E-state index in [1.165, 1.54) is 16.4 Å². The van der Waals surface area contributed by atoms with Gasteiger partial charge in [0.1, 0.15) is 5.25 Å². The first kappa shape index (κ1) is 18.6. The number of carbonyl (C=O) groups is 1. The number of ether oxygens (including phenoxy) is 1. The highest BCUT2D eigenvalue weighted by atomic mass is 32.2. The van der Waals surface area contributed by atoms with E-state index in [9.17, 15) is 9.59 Å². The zero-order valence-electron chi connectivity index (χ0n) is 15.7. The highest BCUT2D eigenvalue weighted by Crippen LogP contribution is 2.31. The molecule has 0 spiro atoms. The first-order valence-electron chi connectivity index (χ1n) is 9.40. The molecule has 2 aromatic heterocycles. The maximum Gasteiger partial charge on any atom is 0.319 e. The van der Waals surface area contributed by atoms with Gasteiger partial charge in [-0.15, -0.1) is 10.2 Å². The Kier molecular flexibility index (Phi) is 4.80. The van der Waals surface area contributed by atoms with Crippen LogP contribution in [-0.2, 0) is 16.1 Å². The fourth-order valence-corrected chi connectivity index (χ4v) is 4.15. The SMILES string of the molecule is O=C1OCC[C@H]1Sc1nnc(-c2nn(Cc3ccccc3)c(=O)c3ccccc23)o1. The maximum absolute atomic E-state index is 13.0. The van der Waals surface area contributed by atoms with E-state index in [0.717, 1.165) is 5.56 Å². The molecule has 0 radical (unpaired) electrons. The molecule has 1 aliphatic rings. The second-order valence-corrected chi connectivity index (χ2v) is 7.93. The summed E-state index contributed by atoms with van der Waals surface area (Å²) in [6.45, 7) is 0.718. The van der Waals surface area contributed by atoms with Gasteiger partial charge in [0.25, 0.3) is 16.7 Å². The van der Waals surface area contributed by atoms with Crippen LogP contribution in [0.1, 0.15) is 12.0 Å². The minimum atomic E-state index is -0.352. The average molecular weight is 420 g/mol. The fraction of sp³-hybridized carbons (Fsp3) is 0.190. The normalized spacial score (nSPS) is 16.1. The summed E-state index contributed by atoms with van der Waals surface area (Å²) < 4.78 is 12.2. The highest BCUT2D eigenvalue weighted by molar-refractivity contribution is 8.00. The maximum atomic E-state index is 13.0. The van der Waals surface area contributed by atoms with Crippen LogP contribution in [0.15, 0.2) is 69.0 Å². The zero-order chi connectivity index (χ0) is 20.5. The molecule has 8 nitrogen and oxygen atoms in total. The van der Waals surface area contributed by atoms with Crippen molar-refractivity contribution in [3.05, 3.63) is 70.5 Å². The third-order valence-electron chi connectivity index (χ3n) is 4.78. The molecule has 9 heteroatoms. The molecule has 150 valence electrons. The highest BCUT2D eigenvalue weighted by Gasteiger charge is 2.30. The van der Waals surface area contributed by atoms with Crippen molar-refractivity contribution in [3.63, 3.8) is 0 Å². The predicted octanol–water partition coefficient (Wildman–Crippen LogP) is 2.90. The Bertz CT molecular complexity index is 1290. The molecule has 1 saturated heterocycles. The molecular weight excluding hydrogens is 404 g/mol. The summed E-state index contributed by atoms with van der Waals surface area (Å²) in [7, 11) is 0. The fourth-order valence-electron chi connectivity index (χ4n) is 3.32. The molecule has 30 heavy (non-hydrogen) atoms. The topological polar surface area (TPSA) is 100 Å². The number of cyclic esters (lactones) is 1. The minimum absolute atomic E-state index is 0.194. The van der Waals surface area contributed by atoms with Crippen molar-refractivity contribution < 1.29 is 13.9 Å². The van der Waals surface area contributed by atoms with Crippen molar-refractivity contribution in [1.82, 2.24) is 20.0 Å². The van der Waals surface area contributed by atoms with Gasteiger partial charge < -0.3 is 9.15 Å². The quantitative estimate of drug-likeness (QED) is 0.455. The molecule has 4 aromatic rings. The molecule has 3 heterocycles. The Balaban J connectivity index is 1.56. The molecule has 5 rings (SSSR count). The van der Waals surface area contributed by atoms with Gasteiger partial charge in [0.15, 0.2) is 5.69 Å². The second kappa shape index (κ2) is 7.75. The van der Waals surface area contributed by atoms with Crippen LogP contribution in [0.25, 0.3) is 22.4 Å². The molecule has 0 aliphatic carbocycles. The van der Waals surface area contributed by atoms with Crippen LogP contribution in [0.5, 0.6) is 0 Å². The lowest BCUT2D eigenvalue weighted by Gasteiger charge is -2.09. The van der Waals surface area contributed by atoms with E-state index in [-0.39, 0.29) is 27.9 Å². The standard InChI is InChI=1S/C21H16N4O4S/c26-19-15-9-5-4-8-14(15)17(24-25(19)12-13-6-2-1-3-7-13)18-22-23-21(29-18)30-16-10-11-28-20(16)27/h1-9,16H,10-12H2/t16-/m1/s1. The zero-order valence-corrected chi connectivity index (χ0v) is 16.5. The summed E-state index contributed by atoms with van der Waals surface area (Å²) in [4.78, 5) is 24.7. The van der Waals surface area contributed by atoms with Crippen LogP contribution in [-0.4, -0.2) is 37.8 Å². The lowest BCUT2D eigenvalue weighted by molar-refractivity contribution is -0.137. The smallest absolute Gasteiger partial charge is 0.319 e. The van der Waals surface area contributed by atoms with E-state index in [1.54, 1.807) is 18.2 Å². The molecule has 0 bridgehead atoms. The molecule has 1 fully saturated rings. The Hall–Kier alpha value is -3.46. The summed E-state index contributed by atoms with van der Waals surface area (Å²) in [5.74, 6) is -0.0818. The number of thioether (sulfide) groups is 1. The van der Waals surface area contributed by atoms with Crippen LogP contribution in [0, 0.1) is 0 Å². The van der Waals surface area contributed by atoms with Crippen LogP contribution in [0.3, 0.4) is 0 Å². The van der Waals surface area contributed by atoms with Gasteiger partial charge in [0, 0.05) is 11.8 Å². The van der Waals surface area contributed by atoms with Crippen LogP contribution in [0.2, 0.25) is 0 Å². The molecular formula is C21H16N4O4S. The monoisotopic (exact) mass is 420 g/mol. The number of nitrogens with zero attached hydrogens (tertiary/aromatic N) is 4. The van der Waals surface area contributed by atoms with Crippen LogP contribution < -0.4 is 5.56 Å². The summed E-state index contributed by atoms with van der Waals surface area (Å²) in [6.07, 6.45) is 0.602. The average Bonchev–Trinajstić information content (AvgIpc) is 3.40. The molecule has 2 aromatic carbocycles. The summed E-state index contributed by atoms with van der Waals surface area (Å²) in [5, 5.41) is 13.8. The number of esters is 1. The van der Waals surface area contributed by atoms with Gasteiger partial charge in [-0.3, -0.25) is 9.59 Å². The number of hydrogen-bond donors (Lipinski definition) is 0. The minimum Gasteiger partial charge on any atom is -0.465 e. The summed E-state index contributed by atoms with van der Waals surface area (Å²) >= 11 is 1.18. The number of fused-ring (bicyclic) bond motifs is 1. The Labute approximate surface area is 174 Å². The third-order valence-corrected chi connectivity index (χ3v) is 5.86. The molecule has 1 aliphatic heterocycles. The first-order chi connectivity index (χ1) is 14.7. The lowest BCUT2D eigenvalue weighted by atomic mass is 10.1. The molecule has 1 atom stereocenters. The Morgan fingerprint density at radius 2 is 1.77 bits per heavy atom. The molecule has 0 saturated carbocycles. The van der Waals surface area contributed by atoms with E-state index in [1.807, 2.05) is 36.4 Å². The van der Waals surface area contributed by atoms with Crippen molar-refractivity contribution in [1.29, 1.82) is 0 Å². The summed E-state index contributed by atoms with van der Waals surface area (Å²) in [5.41, 5.74) is 1.19. The van der Waals surface area contributed by atoms with Crippen LogP contribution >= 0.6 is 11.8 Å². The predicted molar refractivity (Wildman–Crippen MR) is 110 cm³/mol. The van der Waals surface area contributed by atoms with E-state index in [0.29, 0.717) is 36.0 Å². The van der Waals surface area contributed by atoms with Gasteiger partial charge >= 0.3 is 5.97 Å². The largest absolute Gasteiger partial charge is 0.465 e. The third kappa shape index (κ3) is 3.48. The second-order valence-electron chi connectivity index (χ2n) is 6.78. The number of carbonyl (C=O) groups excluding carboxylic acids is 1. The van der Waals surface area contributed by atoms with Gasteiger partial charge in [-0.2, -0.15) is 5.10 Å². The van der Waals surface area contributed by atoms with Crippen molar-refractivity contribution in [2.24, 2.45) is 0 Å². The summed E-state index contributed by atoms with van der Waals surface area (Å²) in [6, 6.07) is 16.8. The van der Waals surface area contributed by atoms with Gasteiger partial charge in [-0.05, 0) is 23.4 Å². The molecule has 0 amide bonds. The number of aromatic nitrogens is 4. The van der Waals surface area contributed by atoms with Gasteiger partial charge in [-0.1, -0.05) is 48.5 Å². The van der Waals surface area contributed by atoms with E-state index in [4.69, 9.17) is 9.15 Å². The Morgan fingerprint density at radius 1 is 1.00 bits per heavy atom. The van der Waals surface area contributed by atoms with Gasteiger partial charge in [0.2, 0.25) is 0 Å². The van der Waals surface area contributed by atoms with Crippen molar-refractivity contribution in [2.75, 3.05) is 6.61 Å². The van der Waals surface area contributed by atoms with Gasteiger partial charge in [-0.25, -0.2) is 4.68 Å². The van der Waals surface area contributed by atoms with Gasteiger partial charge in [0.05, 0.1) is 18.5 Å². The van der Waals surface area contributed by atoms with E-state index >= 15 is 0 Å². The van der Waals surface area contributed by atoms with Crippen LogP contribution in [0.4, 0.5) is 0 Å². The van der Waals surface area contributed by atoms with Crippen molar-refractivity contribution >= 4 is 28.5 Å². The first-order valence-corrected chi connectivity index (χ1v) is 10.3. The molecule has 0 N–H and O–H groups in total. The lowest BCUT2D eigenvalue weighted by Crippen LogP contribution is -2.24. The number of rotatable bonds is 5. The van der Waals surface area contributed by atoms with E-state index < -0.39 is 0 Å².